The fraction of sp³-hybridized carbons (Fsp3) is 0.458. The fourth-order valence-electron chi connectivity index (χ4n) is 4.62. The summed E-state index contributed by atoms with van der Waals surface area (Å²) in [7, 11) is 0. The summed E-state index contributed by atoms with van der Waals surface area (Å²) in [5, 5.41) is 18.9. The summed E-state index contributed by atoms with van der Waals surface area (Å²) in [6.45, 7) is 1.86. The molecule has 1 aliphatic heterocycles. The Bertz CT molecular complexity index is 895. The summed E-state index contributed by atoms with van der Waals surface area (Å²) in [6, 6.07) is 16.0. The van der Waals surface area contributed by atoms with E-state index in [0.717, 1.165) is 56.7 Å². The second-order valence-electron chi connectivity index (χ2n) is 8.43. The van der Waals surface area contributed by atoms with Crippen LogP contribution in [0.15, 0.2) is 48.7 Å². The molecule has 162 valence electrons. The van der Waals surface area contributed by atoms with Gasteiger partial charge in [-0.25, -0.2) is 9.78 Å². The Balaban J connectivity index is 1.33. The zero-order chi connectivity index (χ0) is 21.5. The number of nitrogens with one attached hydrogen (secondary N) is 3. The molecule has 3 atom stereocenters. The summed E-state index contributed by atoms with van der Waals surface area (Å²) >= 11 is 0. The molecule has 1 aromatic heterocycles. The van der Waals surface area contributed by atoms with E-state index in [4.69, 9.17) is 5.26 Å². The molecular weight excluding hydrogens is 388 g/mol. The first-order valence-corrected chi connectivity index (χ1v) is 11.2. The largest absolute Gasteiger partial charge is 0.355 e. The van der Waals surface area contributed by atoms with Crippen LogP contribution in [0.4, 0.5) is 16.3 Å². The maximum atomic E-state index is 12.5. The molecule has 3 N–H and O–H groups in total. The number of para-hydroxylation sites is 1. The first-order valence-electron chi connectivity index (χ1n) is 11.2. The van der Waals surface area contributed by atoms with E-state index in [1.165, 1.54) is 6.42 Å². The molecule has 2 heterocycles. The molecule has 0 spiro atoms. The number of urea groups is 1. The zero-order valence-corrected chi connectivity index (χ0v) is 17.8. The van der Waals surface area contributed by atoms with Crippen molar-refractivity contribution in [1.82, 2.24) is 15.6 Å². The molecule has 2 fully saturated rings. The van der Waals surface area contributed by atoms with Crippen LogP contribution in [0, 0.1) is 11.3 Å². The molecule has 7 nitrogen and oxygen atoms in total. The number of nitrogens with zero attached hydrogens (tertiary/aromatic N) is 3. The van der Waals surface area contributed by atoms with Crippen molar-refractivity contribution in [2.45, 2.75) is 56.7 Å². The Morgan fingerprint density at radius 1 is 1.03 bits per heavy atom. The van der Waals surface area contributed by atoms with Crippen LogP contribution in [0.5, 0.6) is 0 Å². The lowest BCUT2D eigenvalue weighted by atomic mass is 9.89. The molecule has 2 aliphatic rings. The second-order valence-corrected chi connectivity index (χ2v) is 8.43. The average molecular weight is 419 g/mol. The summed E-state index contributed by atoms with van der Waals surface area (Å²) in [5.41, 5.74) is 1.39. The lowest BCUT2D eigenvalue weighted by Crippen LogP contribution is -2.57. The average Bonchev–Trinajstić information content (AvgIpc) is 2.81. The second kappa shape index (κ2) is 10.3. The molecule has 1 aliphatic carbocycles. The minimum atomic E-state index is -0.142. The molecule has 1 saturated carbocycles. The third kappa shape index (κ3) is 5.74. The predicted octanol–water partition coefficient (Wildman–Crippen LogP) is 3.64. The van der Waals surface area contributed by atoms with Crippen molar-refractivity contribution in [2.24, 2.45) is 0 Å². The van der Waals surface area contributed by atoms with E-state index >= 15 is 0 Å². The summed E-state index contributed by atoms with van der Waals surface area (Å²) in [5.74, 6) is 0.922. The van der Waals surface area contributed by atoms with Crippen molar-refractivity contribution >= 4 is 17.5 Å². The molecule has 2 amide bonds. The van der Waals surface area contributed by atoms with Gasteiger partial charge in [-0.15, -0.1) is 0 Å². The number of anilines is 2. The molecule has 0 radical (unpaired) electrons. The molecule has 1 saturated heterocycles. The first-order chi connectivity index (χ1) is 15.2. The highest BCUT2D eigenvalue weighted by molar-refractivity contribution is 5.89. The highest BCUT2D eigenvalue weighted by Crippen LogP contribution is 2.23. The van der Waals surface area contributed by atoms with Gasteiger partial charge < -0.3 is 20.9 Å². The van der Waals surface area contributed by atoms with Crippen LogP contribution >= 0.6 is 0 Å². The van der Waals surface area contributed by atoms with Crippen LogP contribution in [0.1, 0.15) is 44.1 Å². The summed E-state index contributed by atoms with van der Waals surface area (Å²) in [6.07, 6.45) is 8.24. The standard InChI is InChI=1S/C24H30N6O/c25-15-18-12-13-23(26-16-18)30-14-6-9-20(17-30)27-21-10-4-5-11-22(21)29-24(31)28-19-7-2-1-3-8-19/h1-3,7-8,12-13,16,20-22,27H,4-6,9-11,14,17H2,(H2,28,29,31). The van der Waals surface area contributed by atoms with Gasteiger partial charge in [-0.05, 0) is 49.9 Å². The predicted molar refractivity (Wildman–Crippen MR) is 122 cm³/mol. The SMILES string of the molecule is N#Cc1ccc(N2CCCC(NC3CCCCC3NC(=O)Nc3ccccc3)C2)nc1. The molecule has 1 aromatic carbocycles. The fourth-order valence-corrected chi connectivity index (χ4v) is 4.62. The van der Waals surface area contributed by atoms with Crippen LogP contribution in [-0.2, 0) is 0 Å². The molecule has 7 heteroatoms. The number of nitriles is 1. The highest BCUT2D eigenvalue weighted by Gasteiger charge is 2.30. The van der Waals surface area contributed by atoms with Gasteiger partial charge in [-0.2, -0.15) is 5.26 Å². The Morgan fingerprint density at radius 3 is 2.58 bits per heavy atom. The van der Waals surface area contributed by atoms with E-state index in [2.05, 4.69) is 31.9 Å². The monoisotopic (exact) mass is 418 g/mol. The van der Waals surface area contributed by atoms with Crippen molar-refractivity contribution in [2.75, 3.05) is 23.3 Å². The topological polar surface area (TPSA) is 93.1 Å². The van der Waals surface area contributed by atoms with Crippen LogP contribution in [0.3, 0.4) is 0 Å². The van der Waals surface area contributed by atoms with Crippen LogP contribution < -0.4 is 20.9 Å². The number of carbonyl (C=O) groups is 1. The highest BCUT2D eigenvalue weighted by atomic mass is 16.2. The molecule has 4 rings (SSSR count). The zero-order valence-electron chi connectivity index (χ0n) is 17.8. The van der Waals surface area contributed by atoms with E-state index in [9.17, 15) is 4.79 Å². The van der Waals surface area contributed by atoms with Crippen molar-refractivity contribution in [3.05, 3.63) is 54.2 Å². The van der Waals surface area contributed by atoms with Crippen LogP contribution in [0.25, 0.3) is 0 Å². The Labute approximate surface area is 183 Å². The van der Waals surface area contributed by atoms with E-state index in [0.29, 0.717) is 11.6 Å². The number of piperidine rings is 1. The lowest BCUT2D eigenvalue weighted by Gasteiger charge is -2.39. The maximum Gasteiger partial charge on any atom is 0.319 e. The van der Waals surface area contributed by atoms with Gasteiger partial charge in [0, 0.05) is 43.1 Å². The van der Waals surface area contributed by atoms with Crippen molar-refractivity contribution in [3.63, 3.8) is 0 Å². The number of carbonyl (C=O) groups excluding carboxylic acids is 1. The number of rotatable bonds is 5. The first kappa shape index (κ1) is 21.1. The summed E-state index contributed by atoms with van der Waals surface area (Å²) in [4.78, 5) is 19.3. The van der Waals surface area contributed by atoms with Crippen molar-refractivity contribution in [1.29, 1.82) is 5.26 Å². The van der Waals surface area contributed by atoms with Crippen LogP contribution in [0.2, 0.25) is 0 Å². The number of aromatic nitrogens is 1. The number of benzene rings is 1. The van der Waals surface area contributed by atoms with Crippen LogP contribution in [-0.4, -0.2) is 42.2 Å². The minimum absolute atomic E-state index is 0.126. The van der Waals surface area contributed by atoms with Gasteiger partial charge in [0.2, 0.25) is 0 Å². The number of amides is 2. The Morgan fingerprint density at radius 2 is 1.84 bits per heavy atom. The molecular formula is C24H30N6O. The molecule has 2 aromatic rings. The molecule has 3 unspecified atom stereocenters. The van der Waals surface area contributed by atoms with Gasteiger partial charge in [0.05, 0.1) is 5.56 Å². The normalized spacial score (nSPS) is 23.6. The molecule has 31 heavy (non-hydrogen) atoms. The minimum Gasteiger partial charge on any atom is -0.355 e. The van der Waals surface area contributed by atoms with Crippen molar-refractivity contribution < 1.29 is 4.79 Å². The van der Waals surface area contributed by atoms with Gasteiger partial charge >= 0.3 is 6.03 Å². The maximum absolute atomic E-state index is 12.5. The molecule has 0 bridgehead atoms. The van der Waals surface area contributed by atoms with Gasteiger partial charge in [-0.3, -0.25) is 0 Å². The van der Waals surface area contributed by atoms with Gasteiger partial charge in [0.25, 0.3) is 0 Å². The summed E-state index contributed by atoms with van der Waals surface area (Å²) < 4.78 is 0. The van der Waals surface area contributed by atoms with Crippen molar-refractivity contribution in [3.8, 4) is 6.07 Å². The quantitative estimate of drug-likeness (QED) is 0.689. The number of hydrogen-bond donors (Lipinski definition) is 3. The van der Waals surface area contributed by atoms with E-state index in [1.807, 2.05) is 42.5 Å². The smallest absolute Gasteiger partial charge is 0.319 e. The lowest BCUT2D eigenvalue weighted by molar-refractivity contribution is 0.226. The third-order valence-corrected chi connectivity index (χ3v) is 6.19. The number of hydrogen-bond acceptors (Lipinski definition) is 5. The van der Waals surface area contributed by atoms with E-state index < -0.39 is 0 Å². The van der Waals surface area contributed by atoms with Gasteiger partial charge in [0.15, 0.2) is 0 Å². The third-order valence-electron chi connectivity index (χ3n) is 6.19. The number of pyridine rings is 1. The van der Waals surface area contributed by atoms with Gasteiger partial charge in [0.1, 0.15) is 11.9 Å². The van der Waals surface area contributed by atoms with Gasteiger partial charge in [-0.1, -0.05) is 31.0 Å². The van der Waals surface area contributed by atoms with E-state index in [-0.39, 0.29) is 18.1 Å². The Hall–Kier alpha value is -3.11. The Kier molecular flexibility index (Phi) is 7.00. The van der Waals surface area contributed by atoms with E-state index in [1.54, 1.807) is 6.20 Å².